The zero-order valence-corrected chi connectivity index (χ0v) is 12.2. The first-order valence-corrected chi connectivity index (χ1v) is 7.26. The first kappa shape index (κ1) is 13.6. The maximum Gasteiger partial charge on any atom is 0.137 e. The Bertz CT molecular complexity index is 416. The molecule has 0 saturated heterocycles. The van der Waals surface area contributed by atoms with E-state index in [1.165, 1.54) is 12.8 Å². The molecule has 0 radical (unpaired) electrons. The number of hydrogen-bond donors (Lipinski definition) is 1. The molecular weight excluding hydrogens is 246 g/mol. The molecule has 1 heterocycles. The highest BCUT2D eigenvalue weighted by molar-refractivity contribution is 6.30. The highest BCUT2D eigenvalue weighted by atomic mass is 35.5. The second-order valence-electron chi connectivity index (χ2n) is 5.35. The molecule has 1 atom stereocenters. The lowest BCUT2D eigenvalue weighted by Gasteiger charge is -2.15. The Labute approximate surface area is 114 Å². The second kappa shape index (κ2) is 5.87. The van der Waals surface area contributed by atoms with Crippen molar-refractivity contribution in [3.8, 4) is 0 Å². The molecule has 1 aromatic rings. The van der Waals surface area contributed by atoms with Crippen LogP contribution in [-0.2, 0) is 6.42 Å². The van der Waals surface area contributed by atoms with E-state index in [2.05, 4.69) is 29.1 Å². The number of rotatable bonds is 6. The number of aromatic nitrogens is 2. The lowest BCUT2D eigenvalue weighted by Crippen LogP contribution is -2.15. The van der Waals surface area contributed by atoms with Gasteiger partial charge in [-0.1, -0.05) is 25.4 Å². The van der Waals surface area contributed by atoms with Crippen LogP contribution in [0.3, 0.4) is 0 Å². The molecule has 18 heavy (non-hydrogen) atoms. The Kier molecular flexibility index (Phi) is 4.44. The number of nitrogens with one attached hydrogen (secondary N) is 1. The molecule has 0 aromatic carbocycles. The molecule has 1 aromatic heterocycles. The highest BCUT2D eigenvalue weighted by Gasteiger charge is 2.27. The lowest BCUT2D eigenvalue weighted by atomic mass is 10.1. The average molecular weight is 268 g/mol. The molecule has 3 nitrogen and oxygen atoms in total. The van der Waals surface area contributed by atoms with E-state index in [9.17, 15) is 0 Å². The zero-order valence-electron chi connectivity index (χ0n) is 11.5. The van der Waals surface area contributed by atoms with Gasteiger partial charge in [0.05, 0.1) is 0 Å². The van der Waals surface area contributed by atoms with Crippen molar-refractivity contribution >= 4 is 17.4 Å². The Morgan fingerprint density at radius 1 is 1.39 bits per heavy atom. The molecule has 0 bridgehead atoms. The molecule has 1 fully saturated rings. The smallest absolute Gasteiger partial charge is 0.137 e. The Balaban J connectivity index is 2.04. The fourth-order valence-electron chi connectivity index (χ4n) is 2.13. The summed E-state index contributed by atoms with van der Waals surface area (Å²) in [5.74, 6) is 3.37. The third kappa shape index (κ3) is 3.35. The molecule has 1 unspecified atom stereocenters. The normalized spacial score (nSPS) is 16.7. The zero-order chi connectivity index (χ0) is 13.1. The first-order valence-electron chi connectivity index (χ1n) is 6.88. The van der Waals surface area contributed by atoms with Gasteiger partial charge in [0.25, 0.3) is 0 Å². The fourth-order valence-corrected chi connectivity index (χ4v) is 2.32. The maximum atomic E-state index is 6.15. The summed E-state index contributed by atoms with van der Waals surface area (Å²) in [4.78, 5) is 8.88. The minimum absolute atomic E-state index is 0.579. The average Bonchev–Trinajstić information content (AvgIpc) is 3.16. The standard InChI is InChI=1S/C14H22ClN3/c1-4-5-12-17-13(15)10(3)14(18-12)16-8-9(2)11-6-7-11/h9,11H,4-8H2,1-3H3,(H,16,17,18). The van der Waals surface area contributed by atoms with Gasteiger partial charge in [-0.2, -0.15) is 0 Å². The molecule has 4 heteroatoms. The van der Waals surface area contributed by atoms with E-state index in [4.69, 9.17) is 11.6 Å². The summed E-state index contributed by atoms with van der Waals surface area (Å²) < 4.78 is 0. The molecule has 1 saturated carbocycles. The van der Waals surface area contributed by atoms with Crippen molar-refractivity contribution in [1.29, 1.82) is 0 Å². The van der Waals surface area contributed by atoms with Gasteiger partial charge in [-0.05, 0) is 38.0 Å². The SMILES string of the molecule is CCCc1nc(Cl)c(C)c(NCC(C)C2CC2)n1. The maximum absolute atomic E-state index is 6.15. The molecule has 1 N–H and O–H groups in total. The molecule has 100 valence electrons. The van der Waals surface area contributed by atoms with Crippen molar-refractivity contribution in [3.05, 3.63) is 16.5 Å². The van der Waals surface area contributed by atoms with E-state index >= 15 is 0 Å². The van der Waals surface area contributed by atoms with Crippen LogP contribution in [0.25, 0.3) is 0 Å². The number of aryl methyl sites for hydroxylation is 1. The molecule has 2 rings (SSSR count). The van der Waals surface area contributed by atoms with Crippen molar-refractivity contribution in [2.24, 2.45) is 11.8 Å². The molecule has 0 aliphatic heterocycles. The van der Waals surface area contributed by atoms with E-state index in [-0.39, 0.29) is 0 Å². The van der Waals surface area contributed by atoms with Crippen LogP contribution in [-0.4, -0.2) is 16.5 Å². The van der Waals surface area contributed by atoms with Crippen LogP contribution in [0.4, 0.5) is 5.82 Å². The predicted octanol–water partition coefficient (Wildman–Crippen LogP) is 3.85. The molecule has 0 spiro atoms. The summed E-state index contributed by atoms with van der Waals surface area (Å²) in [6.45, 7) is 7.38. The second-order valence-corrected chi connectivity index (χ2v) is 5.71. The minimum atomic E-state index is 0.579. The topological polar surface area (TPSA) is 37.8 Å². The highest BCUT2D eigenvalue weighted by Crippen LogP contribution is 2.36. The molecule has 1 aliphatic rings. The van der Waals surface area contributed by atoms with Crippen LogP contribution < -0.4 is 5.32 Å². The van der Waals surface area contributed by atoms with Gasteiger partial charge in [0.2, 0.25) is 0 Å². The van der Waals surface area contributed by atoms with Crippen LogP contribution >= 0.6 is 11.6 Å². The third-order valence-corrected chi connectivity index (χ3v) is 3.99. The largest absolute Gasteiger partial charge is 0.369 e. The summed E-state index contributed by atoms with van der Waals surface area (Å²) >= 11 is 6.15. The van der Waals surface area contributed by atoms with E-state index in [0.29, 0.717) is 11.1 Å². The third-order valence-electron chi connectivity index (χ3n) is 3.62. The lowest BCUT2D eigenvalue weighted by molar-refractivity contribution is 0.535. The number of anilines is 1. The fraction of sp³-hybridized carbons (Fsp3) is 0.714. The Morgan fingerprint density at radius 3 is 2.72 bits per heavy atom. The monoisotopic (exact) mass is 267 g/mol. The van der Waals surface area contributed by atoms with Crippen molar-refractivity contribution in [3.63, 3.8) is 0 Å². The van der Waals surface area contributed by atoms with Gasteiger partial charge in [-0.25, -0.2) is 9.97 Å². The van der Waals surface area contributed by atoms with Crippen LogP contribution in [0.2, 0.25) is 5.15 Å². The van der Waals surface area contributed by atoms with Gasteiger partial charge in [-0.3, -0.25) is 0 Å². The van der Waals surface area contributed by atoms with E-state index in [0.717, 1.165) is 42.5 Å². The summed E-state index contributed by atoms with van der Waals surface area (Å²) in [7, 11) is 0. The van der Waals surface area contributed by atoms with Crippen molar-refractivity contribution in [1.82, 2.24) is 9.97 Å². The molecular formula is C14H22ClN3. The first-order chi connectivity index (χ1) is 8.61. The summed E-state index contributed by atoms with van der Waals surface area (Å²) in [6.07, 6.45) is 4.69. The van der Waals surface area contributed by atoms with Crippen molar-refractivity contribution in [2.45, 2.75) is 46.5 Å². The number of hydrogen-bond acceptors (Lipinski definition) is 3. The van der Waals surface area contributed by atoms with E-state index in [1.807, 2.05) is 6.92 Å². The van der Waals surface area contributed by atoms with Gasteiger partial charge in [-0.15, -0.1) is 0 Å². The Morgan fingerprint density at radius 2 is 2.11 bits per heavy atom. The van der Waals surface area contributed by atoms with Crippen molar-refractivity contribution < 1.29 is 0 Å². The minimum Gasteiger partial charge on any atom is -0.369 e. The van der Waals surface area contributed by atoms with Crippen LogP contribution in [0.5, 0.6) is 0 Å². The van der Waals surface area contributed by atoms with E-state index < -0.39 is 0 Å². The van der Waals surface area contributed by atoms with Gasteiger partial charge < -0.3 is 5.32 Å². The van der Waals surface area contributed by atoms with Gasteiger partial charge in [0.15, 0.2) is 0 Å². The summed E-state index contributed by atoms with van der Waals surface area (Å²) in [5.41, 5.74) is 0.958. The van der Waals surface area contributed by atoms with E-state index in [1.54, 1.807) is 0 Å². The number of halogens is 1. The van der Waals surface area contributed by atoms with Crippen LogP contribution in [0, 0.1) is 18.8 Å². The Hall–Kier alpha value is -0.830. The van der Waals surface area contributed by atoms with Crippen molar-refractivity contribution in [2.75, 3.05) is 11.9 Å². The summed E-state index contributed by atoms with van der Waals surface area (Å²) in [5, 5.41) is 4.02. The molecule has 0 amide bonds. The molecule has 1 aliphatic carbocycles. The van der Waals surface area contributed by atoms with Gasteiger partial charge >= 0.3 is 0 Å². The summed E-state index contributed by atoms with van der Waals surface area (Å²) in [6, 6.07) is 0. The van der Waals surface area contributed by atoms with Crippen LogP contribution in [0.15, 0.2) is 0 Å². The van der Waals surface area contributed by atoms with Crippen LogP contribution in [0.1, 0.15) is 44.5 Å². The van der Waals surface area contributed by atoms with Gasteiger partial charge in [0.1, 0.15) is 16.8 Å². The quantitative estimate of drug-likeness (QED) is 0.796. The van der Waals surface area contributed by atoms with Gasteiger partial charge in [0, 0.05) is 18.5 Å². The number of nitrogens with zero attached hydrogens (tertiary/aromatic N) is 2. The predicted molar refractivity (Wildman–Crippen MR) is 76.2 cm³/mol.